The molecule has 28 heavy (non-hydrogen) atoms. The lowest BCUT2D eigenvalue weighted by Crippen LogP contribution is -2.21. The van der Waals surface area contributed by atoms with Crippen LogP contribution in [-0.2, 0) is 0 Å². The number of hydrogen-bond donors (Lipinski definition) is 2. The summed E-state index contributed by atoms with van der Waals surface area (Å²) in [5.74, 6) is 1.69. The summed E-state index contributed by atoms with van der Waals surface area (Å²) in [4.78, 5) is 15.9. The van der Waals surface area contributed by atoms with E-state index in [9.17, 15) is 0 Å². The molecular weight excluding hydrogens is 395 g/mol. The first-order chi connectivity index (χ1) is 13.2. The van der Waals surface area contributed by atoms with Crippen LogP contribution in [0.3, 0.4) is 0 Å². The Morgan fingerprint density at radius 1 is 0.857 bits per heavy atom. The summed E-state index contributed by atoms with van der Waals surface area (Å²) in [6.07, 6.45) is 2.31. The molecule has 2 heterocycles. The number of hydrogen-bond acceptors (Lipinski definition) is 6. The van der Waals surface area contributed by atoms with E-state index in [0.29, 0.717) is 22.9 Å². The molecule has 4 rings (SSSR count). The quantitative estimate of drug-likeness (QED) is 0.584. The molecule has 1 aromatic heterocycles. The summed E-state index contributed by atoms with van der Waals surface area (Å²) in [5.41, 5.74) is 2.80. The van der Waals surface area contributed by atoms with Crippen LogP contribution in [0.5, 0.6) is 0 Å². The zero-order valence-corrected chi connectivity index (χ0v) is 17.1. The van der Waals surface area contributed by atoms with Crippen molar-refractivity contribution in [1.82, 2.24) is 15.0 Å². The smallest absolute Gasteiger partial charge is 0.233 e. The van der Waals surface area contributed by atoms with Crippen LogP contribution in [0.1, 0.15) is 18.4 Å². The molecule has 0 radical (unpaired) electrons. The number of rotatable bonds is 5. The molecule has 0 amide bonds. The van der Waals surface area contributed by atoms with Crippen LogP contribution in [0.2, 0.25) is 5.02 Å². The molecule has 0 aliphatic carbocycles. The molecule has 6 nitrogen and oxygen atoms in total. The summed E-state index contributed by atoms with van der Waals surface area (Å²) in [5, 5.41) is 7.21. The van der Waals surface area contributed by atoms with Crippen LogP contribution in [-0.4, -0.2) is 28.0 Å². The van der Waals surface area contributed by atoms with Crippen molar-refractivity contribution in [2.75, 3.05) is 28.6 Å². The Morgan fingerprint density at radius 3 is 2.14 bits per heavy atom. The van der Waals surface area contributed by atoms with Gasteiger partial charge in [0, 0.05) is 29.5 Å². The van der Waals surface area contributed by atoms with Gasteiger partial charge in [-0.1, -0.05) is 35.9 Å². The van der Waals surface area contributed by atoms with Crippen molar-refractivity contribution in [2.45, 2.75) is 19.8 Å². The lowest BCUT2D eigenvalue weighted by Gasteiger charge is -2.17. The van der Waals surface area contributed by atoms with Crippen molar-refractivity contribution < 1.29 is 0 Å². The van der Waals surface area contributed by atoms with Crippen LogP contribution >= 0.6 is 24.0 Å². The van der Waals surface area contributed by atoms with E-state index in [4.69, 9.17) is 11.6 Å². The fourth-order valence-electron chi connectivity index (χ4n) is 2.99. The van der Waals surface area contributed by atoms with Gasteiger partial charge in [0.25, 0.3) is 0 Å². The van der Waals surface area contributed by atoms with Crippen molar-refractivity contribution in [3.8, 4) is 0 Å². The molecule has 8 heteroatoms. The first-order valence-electron chi connectivity index (χ1n) is 9.04. The predicted molar refractivity (Wildman–Crippen MR) is 118 cm³/mol. The van der Waals surface area contributed by atoms with Gasteiger partial charge in [0.2, 0.25) is 17.8 Å². The van der Waals surface area contributed by atoms with Crippen molar-refractivity contribution in [1.29, 1.82) is 0 Å². The maximum Gasteiger partial charge on any atom is 0.233 e. The van der Waals surface area contributed by atoms with E-state index in [-0.39, 0.29) is 12.4 Å². The minimum atomic E-state index is 0. The normalized spacial score (nSPS) is 13.1. The average molecular weight is 417 g/mol. The van der Waals surface area contributed by atoms with Crippen LogP contribution in [0.15, 0.2) is 48.5 Å². The number of nitrogens with one attached hydrogen (secondary N) is 2. The third-order valence-electron chi connectivity index (χ3n) is 4.47. The molecule has 2 N–H and O–H groups in total. The largest absolute Gasteiger partial charge is 0.341 e. The Morgan fingerprint density at radius 2 is 1.50 bits per heavy atom. The summed E-state index contributed by atoms with van der Waals surface area (Å²) in [7, 11) is 0. The third-order valence-corrected chi connectivity index (χ3v) is 4.88. The maximum atomic E-state index is 6.24. The summed E-state index contributed by atoms with van der Waals surface area (Å²) in [6, 6.07) is 15.7. The van der Waals surface area contributed by atoms with Crippen molar-refractivity contribution in [3.63, 3.8) is 0 Å². The van der Waals surface area contributed by atoms with E-state index in [2.05, 4.69) is 30.5 Å². The standard InChI is InChI=1S/C20H21ClN6.ClH/c1-14-9-10-16(13-17(14)21)23-19-24-18(22-15-7-3-2-4-8-15)25-20(26-19)27-11-5-6-12-27;/h2-4,7-10,13H,5-6,11-12H2,1H3,(H2,22,23,24,25,26);1H. The third kappa shape index (κ3) is 4.82. The lowest BCUT2D eigenvalue weighted by atomic mass is 10.2. The maximum absolute atomic E-state index is 6.24. The van der Waals surface area contributed by atoms with Gasteiger partial charge in [0.1, 0.15) is 0 Å². The second-order valence-electron chi connectivity index (χ2n) is 6.56. The van der Waals surface area contributed by atoms with Gasteiger partial charge in [-0.3, -0.25) is 0 Å². The molecule has 2 aromatic carbocycles. The molecule has 0 atom stereocenters. The predicted octanol–water partition coefficient (Wildman–Crippen LogP) is 5.34. The first-order valence-corrected chi connectivity index (χ1v) is 9.41. The monoisotopic (exact) mass is 416 g/mol. The SMILES string of the molecule is Cc1ccc(Nc2nc(Nc3ccccc3)nc(N3CCCC3)n2)cc1Cl.Cl. The van der Waals surface area contributed by atoms with Crippen LogP contribution in [0.4, 0.5) is 29.2 Å². The van der Waals surface area contributed by atoms with Gasteiger partial charge in [-0.05, 0) is 49.6 Å². The second-order valence-corrected chi connectivity index (χ2v) is 6.96. The van der Waals surface area contributed by atoms with Gasteiger partial charge in [-0.15, -0.1) is 12.4 Å². The average Bonchev–Trinajstić information content (AvgIpc) is 3.20. The number of nitrogens with zero attached hydrogens (tertiary/aromatic N) is 4. The van der Waals surface area contributed by atoms with Gasteiger partial charge in [0.05, 0.1) is 0 Å². The van der Waals surface area contributed by atoms with Gasteiger partial charge in [-0.25, -0.2) is 0 Å². The lowest BCUT2D eigenvalue weighted by molar-refractivity contribution is 0.886. The van der Waals surface area contributed by atoms with Crippen molar-refractivity contribution in [2.24, 2.45) is 0 Å². The highest BCUT2D eigenvalue weighted by atomic mass is 35.5. The highest BCUT2D eigenvalue weighted by molar-refractivity contribution is 6.31. The summed E-state index contributed by atoms with van der Waals surface area (Å²) in [6.45, 7) is 3.90. The van der Waals surface area contributed by atoms with Crippen LogP contribution in [0.25, 0.3) is 0 Å². The topological polar surface area (TPSA) is 66.0 Å². The van der Waals surface area contributed by atoms with Gasteiger partial charge >= 0.3 is 0 Å². The molecule has 1 fully saturated rings. The number of para-hydroxylation sites is 1. The van der Waals surface area contributed by atoms with E-state index in [1.54, 1.807) is 0 Å². The second kappa shape index (κ2) is 9.08. The Balaban J connectivity index is 0.00000225. The number of aromatic nitrogens is 3. The number of halogens is 2. The van der Waals surface area contributed by atoms with E-state index in [1.807, 2.05) is 55.5 Å². The molecule has 1 aliphatic rings. The van der Waals surface area contributed by atoms with Crippen LogP contribution < -0.4 is 15.5 Å². The summed E-state index contributed by atoms with van der Waals surface area (Å²) >= 11 is 6.24. The Kier molecular flexibility index (Phi) is 6.54. The fraction of sp³-hybridized carbons (Fsp3) is 0.250. The zero-order valence-electron chi connectivity index (χ0n) is 15.5. The van der Waals surface area contributed by atoms with E-state index in [1.165, 1.54) is 0 Å². The molecule has 3 aromatic rings. The van der Waals surface area contributed by atoms with Crippen LogP contribution in [0, 0.1) is 6.92 Å². The molecule has 1 aliphatic heterocycles. The summed E-state index contributed by atoms with van der Waals surface area (Å²) < 4.78 is 0. The molecule has 1 saturated heterocycles. The molecule has 0 saturated carbocycles. The van der Waals surface area contributed by atoms with E-state index >= 15 is 0 Å². The Labute approximate surface area is 175 Å². The highest BCUT2D eigenvalue weighted by Crippen LogP contribution is 2.25. The fourth-order valence-corrected chi connectivity index (χ4v) is 3.17. The first kappa shape index (κ1) is 20.2. The number of benzene rings is 2. The molecule has 0 unspecified atom stereocenters. The molecule has 0 bridgehead atoms. The molecular formula is C20H22Cl2N6. The van der Waals surface area contributed by atoms with Gasteiger partial charge in [0.15, 0.2) is 0 Å². The minimum absolute atomic E-state index is 0. The van der Waals surface area contributed by atoms with Crippen molar-refractivity contribution in [3.05, 3.63) is 59.1 Å². The van der Waals surface area contributed by atoms with Gasteiger partial charge in [-0.2, -0.15) is 15.0 Å². The van der Waals surface area contributed by atoms with Gasteiger partial charge < -0.3 is 15.5 Å². The Hall–Kier alpha value is -2.57. The Bertz CT molecular complexity index is 929. The minimum Gasteiger partial charge on any atom is -0.341 e. The zero-order chi connectivity index (χ0) is 18.6. The number of anilines is 5. The molecule has 146 valence electrons. The molecule has 0 spiro atoms. The highest BCUT2D eigenvalue weighted by Gasteiger charge is 2.17. The van der Waals surface area contributed by atoms with Crippen molar-refractivity contribution >= 4 is 53.2 Å². The van der Waals surface area contributed by atoms with E-state index in [0.717, 1.165) is 42.9 Å². The van der Waals surface area contributed by atoms with E-state index < -0.39 is 0 Å². The number of aryl methyl sites for hydroxylation is 1.